The molecule has 0 bridgehead atoms. The maximum Gasteiger partial charge on any atom is 0.274 e. The van der Waals surface area contributed by atoms with Crippen LogP contribution in [0.4, 0.5) is 17.3 Å². The summed E-state index contributed by atoms with van der Waals surface area (Å²) in [5.74, 6) is 0.217. The van der Waals surface area contributed by atoms with Gasteiger partial charge in [0.15, 0.2) is 0 Å². The Balaban J connectivity index is 1.82. The van der Waals surface area contributed by atoms with E-state index < -0.39 is 0 Å². The molecule has 0 aliphatic heterocycles. The molecule has 0 spiro atoms. The van der Waals surface area contributed by atoms with E-state index in [9.17, 15) is 4.79 Å². The first-order valence-electron chi connectivity index (χ1n) is 8.04. The number of anilines is 3. The van der Waals surface area contributed by atoms with Crippen LogP contribution in [0.1, 0.15) is 21.6 Å². The van der Waals surface area contributed by atoms with Gasteiger partial charge in [-0.25, -0.2) is 9.97 Å². The highest BCUT2D eigenvalue weighted by molar-refractivity contribution is 6.03. The van der Waals surface area contributed by atoms with Crippen LogP contribution in [0.5, 0.6) is 0 Å². The second-order valence-electron chi connectivity index (χ2n) is 5.97. The van der Waals surface area contributed by atoms with Crippen LogP contribution in [0.2, 0.25) is 0 Å². The molecule has 0 saturated carbocycles. The summed E-state index contributed by atoms with van der Waals surface area (Å²) in [4.78, 5) is 23.0. The second-order valence-corrected chi connectivity index (χ2v) is 5.97. The normalized spacial score (nSPS) is 10.4. The third-order valence-electron chi connectivity index (χ3n) is 3.80. The number of nitrogens with one attached hydrogen (secondary N) is 1. The van der Waals surface area contributed by atoms with Crippen molar-refractivity contribution in [2.24, 2.45) is 0 Å². The molecule has 3 rings (SSSR count). The number of para-hydroxylation sites is 1. The van der Waals surface area contributed by atoms with E-state index in [0.717, 1.165) is 22.5 Å². The highest BCUT2D eigenvalue weighted by atomic mass is 16.1. The molecule has 1 heterocycles. The van der Waals surface area contributed by atoms with Gasteiger partial charge in [0, 0.05) is 24.6 Å². The molecule has 0 aliphatic carbocycles. The van der Waals surface area contributed by atoms with Crippen molar-refractivity contribution in [3.8, 4) is 0 Å². The summed E-state index contributed by atoms with van der Waals surface area (Å²) in [6, 6.07) is 17.3. The van der Waals surface area contributed by atoms with Gasteiger partial charge < -0.3 is 10.2 Å². The van der Waals surface area contributed by atoms with Crippen molar-refractivity contribution in [1.82, 2.24) is 9.97 Å². The molecule has 0 saturated heterocycles. The van der Waals surface area contributed by atoms with Crippen LogP contribution in [-0.4, -0.2) is 22.9 Å². The summed E-state index contributed by atoms with van der Waals surface area (Å²) in [5, 5.41) is 2.90. The van der Waals surface area contributed by atoms with Crippen LogP contribution < -0.4 is 10.2 Å². The molecule has 1 N–H and O–H groups in total. The smallest absolute Gasteiger partial charge is 0.274 e. The maximum absolute atomic E-state index is 12.5. The predicted molar refractivity (Wildman–Crippen MR) is 100 cm³/mol. The minimum Gasteiger partial charge on any atom is -0.321 e. The molecule has 5 heteroatoms. The highest BCUT2D eigenvalue weighted by Crippen LogP contribution is 2.20. The van der Waals surface area contributed by atoms with Crippen LogP contribution in [0, 0.1) is 13.8 Å². The molecule has 0 radical (unpaired) electrons. The van der Waals surface area contributed by atoms with Crippen LogP contribution in [-0.2, 0) is 0 Å². The van der Waals surface area contributed by atoms with Gasteiger partial charge in [-0.3, -0.25) is 4.79 Å². The number of rotatable bonds is 4. The van der Waals surface area contributed by atoms with E-state index in [4.69, 9.17) is 0 Å². The largest absolute Gasteiger partial charge is 0.321 e. The van der Waals surface area contributed by atoms with Crippen molar-refractivity contribution in [2.45, 2.75) is 13.8 Å². The van der Waals surface area contributed by atoms with Gasteiger partial charge in [0.25, 0.3) is 5.91 Å². The molecule has 1 amide bonds. The van der Waals surface area contributed by atoms with Crippen LogP contribution >= 0.6 is 0 Å². The summed E-state index contributed by atoms with van der Waals surface area (Å²) < 4.78 is 0. The number of amides is 1. The first-order valence-corrected chi connectivity index (χ1v) is 8.04. The fourth-order valence-electron chi connectivity index (χ4n) is 2.65. The number of hydrogen-bond acceptors (Lipinski definition) is 4. The van der Waals surface area contributed by atoms with Gasteiger partial charge in [-0.1, -0.05) is 24.3 Å². The molecule has 5 nitrogen and oxygen atoms in total. The molecule has 2 aromatic carbocycles. The summed E-state index contributed by atoms with van der Waals surface area (Å²) in [5.41, 5.74) is 4.24. The lowest BCUT2D eigenvalue weighted by molar-refractivity contribution is 0.102. The quantitative estimate of drug-likeness (QED) is 0.781. The molecular weight excluding hydrogens is 312 g/mol. The first-order chi connectivity index (χ1) is 12.0. The molecule has 0 atom stereocenters. The van der Waals surface area contributed by atoms with Crippen molar-refractivity contribution in [1.29, 1.82) is 0 Å². The van der Waals surface area contributed by atoms with E-state index in [1.165, 1.54) is 0 Å². The third-order valence-corrected chi connectivity index (χ3v) is 3.80. The lowest BCUT2D eigenvalue weighted by atomic mass is 10.1. The second kappa shape index (κ2) is 7.13. The minimum absolute atomic E-state index is 0.255. The Hall–Kier alpha value is -3.21. The Morgan fingerprint density at radius 1 is 1.00 bits per heavy atom. The molecule has 1 aromatic heterocycles. The van der Waals surface area contributed by atoms with E-state index in [2.05, 4.69) is 21.4 Å². The Morgan fingerprint density at radius 3 is 2.36 bits per heavy atom. The molecule has 126 valence electrons. The lowest BCUT2D eigenvalue weighted by Gasteiger charge is -2.17. The van der Waals surface area contributed by atoms with Gasteiger partial charge in [0.05, 0.1) is 0 Å². The van der Waals surface area contributed by atoms with E-state index in [0.29, 0.717) is 11.6 Å². The summed E-state index contributed by atoms with van der Waals surface area (Å²) in [6.45, 7) is 4.00. The lowest BCUT2D eigenvalue weighted by Crippen LogP contribution is -2.18. The number of nitrogens with zero attached hydrogens (tertiary/aromatic N) is 3. The van der Waals surface area contributed by atoms with Crippen molar-refractivity contribution in [3.05, 3.63) is 77.6 Å². The molecule has 3 aromatic rings. The zero-order chi connectivity index (χ0) is 17.8. The summed E-state index contributed by atoms with van der Waals surface area (Å²) in [7, 11) is 1.87. The van der Waals surface area contributed by atoms with Gasteiger partial charge in [-0.2, -0.15) is 0 Å². The predicted octanol–water partition coefficient (Wildman–Crippen LogP) is 4.11. The number of aryl methyl sites for hydroxylation is 2. The average molecular weight is 332 g/mol. The number of hydrogen-bond donors (Lipinski definition) is 1. The standard InChI is InChI=1S/C20H20N4O/c1-14-11-15(2)13-16(12-14)22-19(25)18-9-10-21-20(23-18)24(3)17-7-5-4-6-8-17/h4-13H,1-3H3,(H,22,25). The van der Waals surface area contributed by atoms with Crippen molar-refractivity contribution in [2.75, 3.05) is 17.3 Å². The zero-order valence-corrected chi connectivity index (χ0v) is 14.5. The first kappa shape index (κ1) is 16.6. The van der Waals surface area contributed by atoms with Gasteiger partial charge in [-0.15, -0.1) is 0 Å². The molecule has 0 fully saturated rings. The Kier molecular flexibility index (Phi) is 4.75. The highest BCUT2D eigenvalue weighted by Gasteiger charge is 2.12. The fraction of sp³-hybridized carbons (Fsp3) is 0.150. The number of aromatic nitrogens is 2. The molecule has 0 unspecified atom stereocenters. The molecular formula is C20H20N4O. The molecule has 0 aliphatic rings. The van der Waals surface area contributed by atoms with Crippen molar-refractivity contribution >= 4 is 23.2 Å². The number of carbonyl (C=O) groups excluding carboxylic acids is 1. The molecule has 25 heavy (non-hydrogen) atoms. The van der Waals surface area contributed by atoms with Crippen LogP contribution in [0.3, 0.4) is 0 Å². The Bertz CT molecular complexity index is 873. The van der Waals surface area contributed by atoms with Gasteiger partial charge >= 0.3 is 0 Å². The van der Waals surface area contributed by atoms with Gasteiger partial charge in [0.2, 0.25) is 5.95 Å². The van der Waals surface area contributed by atoms with Crippen molar-refractivity contribution in [3.63, 3.8) is 0 Å². The van der Waals surface area contributed by atoms with E-state index in [1.807, 2.05) is 68.3 Å². The topological polar surface area (TPSA) is 58.1 Å². The zero-order valence-electron chi connectivity index (χ0n) is 14.5. The van der Waals surface area contributed by atoms with E-state index >= 15 is 0 Å². The maximum atomic E-state index is 12.5. The van der Waals surface area contributed by atoms with E-state index in [1.54, 1.807) is 12.3 Å². The van der Waals surface area contributed by atoms with Crippen LogP contribution in [0.15, 0.2) is 60.8 Å². The van der Waals surface area contributed by atoms with Crippen molar-refractivity contribution < 1.29 is 4.79 Å². The summed E-state index contributed by atoms with van der Waals surface area (Å²) in [6.07, 6.45) is 1.60. The fourth-order valence-corrected chi connectivity index (χ4v) is 2.65. The number of carbonyl (C=O) groups is 1. The Morgan fingerprint density at radius 2 is 1.68 bits per heavy atom. The van der Waals surface area contributed by atoms with Gasteiger partial charge in [-0.05, 0) is 55.3 Å². The minimum atomic E-state index is -0.255. The van der Waals surface area contributed by atoms with Gasteiger partial charge in [0.1, 0.15) is 5.69 Å². The summed E-state index contributed by atoms with van der Waals surface area (Å²) >= 11 is 0. The average Bonchev–Trinajstić information content (AvgIpc) is 2.61. The third kappa shape index (κ3) is 4.01. The van der Waals surface area contributed by atoms with Crippen LogP contribution in [0.25, 0.3) is 0 Å². The monoisotopic (exact) mass is 332 g/mol. The number of benzene rings is 2. The SMILES string of the molecule is Cc1cc(C)cc(NC(=O)c2ccnc(N(C)c3ccccc3)n2)c1. The van der Waals surface area contributed by atoms with E-state index in [-0.39, 0.29) is 5.91 Å². The Labute approximate surface area is 147 Å².